The third-order valence-corrected chi connectivity index (χ3v) is 0.845. The number of hydrogen-bond donors (Lipinski definition) is 1. The topological polar surface area (TPSA) is 54.6 Å². The monoisotopic (exact) mass is 137 g/mol. The highest BCUT2D eigenvalue weighted by Gasteiger charge is 1.85. The number of carbonyl (C=O) groups excluding carboxylic acids is 1. The van der Waals surface area contributed by atoms with E-state index in [-0.39, 0.29) is 0 Å². The first-order chi connectivity index (χ1) is 4.93. The SMILES string of the molecule is O=[C]NN=Cc1ccco1. The number of furan rings is 1. The summed E-state index contributed by atoms with van der Waals surface area (Å²) in [6.07, 6.45) is 4.29. The Morgan fingerprint density at radius 2 is 2.70 bits per heavy atom. The van der Waals surface area contributed by atoms with Gasteiger partial charge in [0.15, 0.2) is 0 Å². The van der Waals surface area contributed by atoms with E-state index >= 15 is 0 Å². The van der Waals surface area contributed by atoms with Crippen LogP contribution in [0.15, 0.2) is 27.9 Å². The summed E-state index contributed by atoms with van der Waals surface area (Å²) in [5.41, 5.74) is 1.99. The smallest absolute Gasteiger partial charge is 0.331 e. The molecule has 0 saturated carbocycles. The Morgan fingerprint density at radius 3 is 3.30 bits per heavy atom. The molecule has 1 heterocycles. The summed E-state index contributed by atoms with van der Waals surface area (Å²) < 4.78 is 4.86. The molecule has 1 N–H and O–H groups in total. The van der Waals surface area contributed by atoms with Gasteiger partial charge >= 0.3 is 6.41 Å². The van der Waals surface area contributed by atoms with Crippen LogP contribution in [0.5, 0.6) is 0 Å². The minimum Gasteiger partial charge on any atom is -0.463 e. The second-order valence-corrected chi connectivity index (χ2v) is 1.49. The summed E-state index contributed by atoms with van der Waals surface area (Å²) in [5.74, 6) is 0.586. The van der Waals surface area contributed by atoms with Crippen molar-refractivity contribution in [2.75, 3.05) is 0 Å². The van der Waals surface area contributed by atoms with Crippen LogP contribution in [0.4, 0.5) is 0 Å². The van der Waals surface area contributed by atoms with Crippen molar-refractivity contribution in [3.8, 4) is 0 Å². The molecule has 0 atom stereocenters. The normalized spacial score (nSPS) is 10.0. The third-order valence-electron chi connectivity index (χ3n) is 0.845. The fourth-order valence-electron chi connectivity index (χ4n) is 0.487. The molecule has 0 saturated heterocycles. The predicted octanol–water partition coefficient (Wildman–Crippen LogP) is 0.270. The average Bonchev–Trinajstić information content (AvgIpc) is 2.41. The molecular weight excluding hydrogens is 132 g/mol. The van der Waals surface area contributed by atoms with Gasteiger partial charge in [-0.2, -0.15) is 5.10 Å². The molecule has 10 heavy (non-hydrogen) atoms. The minimum absolute atomic E-state index is 0.586. The standard InChI is InChI=1S/C6H5N2O2/c9-5-8-7-4-6-2-1-3-10-6/h1-4H,(H,8,9). The fourth-order valence-corrected chi connectivity index (χ4v) is 0.487. The van der Waals surface area contributed by atoms with Crippen molar-refractivity contribution in [1.29, 1.82) is 0 Å². The lowest BCUT2D eigenvalue weighted by Crippen LogP contribution is -1.99. The van der Waals surface area contributed by atoms with Crippen LogP contribution in [0, 0.1) is 0 Å². The zero-order valence-electron chi connectivity index (χ0n) is 5.07. The van der Waals surface area contributed by atoms with E-state index in [0.717, 1.165) is 0 Å². The molecule has 4 heteroatoms. The van der Waals surface area contributed by atoms with Gasteiger partial charge in [-0.1, -0.05) is 0 Å². The van der Waals surface area contributed by atoms with Crippen LogP contribution in [-0.2, 0) is 4.79 Å². The molecule has 51 valence electrons. The summed E-state index contributed by atoms with van der Waals surface area (Å²) >= 11 is 0. The van der Waals surface area contributed by atoms with Crippen molar-refractivity contribution >= 4 is 12.6 Å². The third kappa shape index (κ3) is 1.74. The molecule has 0 bridgehead atoms. The molecule has 0 aliphatic carbocycles. The van der Waals surface area contributed by atoms with E-state index in [0.29, 0.717) is 5.76 Å². The molecule has 1 aromatic rings. The Morgan fingerprint density at radius 1 is 1.80 bits per heavy atom. The average molecular weight is 137 g/mol. The van der Waals surface area contributed by atoms with Crippen LogP contribution >= 0.6 is 0 Å². The largest absolute Gasteiger partial charge is 0.463 e. The number of hydrogen-bond acceptors (Lipinski definition) is 3. The first-order valence-corrected chi connectivity index (χ1v) is 2.62. The number of amides is 1. The predicted molar refractivity (Wildman–Crippen MR) is 35.1 cm³/mol. The van der Waals surface area contributed by atoms with Crippen LogP contribution in [0.2, 0.25) is 0 Å². The van der Waals surface area contributed by atoms with Gasteiger partial charge in [0.2, 0.25) is 0 Å². The maximum Gasteiger partial charge on any atom is 0.331 e. The zero-order chi connectivity index (χ0) is 7.23. The summed E-state index contributed by atoms with van der Waals surface area (Å²) in [5, 5.41) is 3.44. The van der Waals surface area contributed by atoms with E-state index in [1.165, 1.54) is 18.9 Å². The van der Waals surface area contributed by atoms with Crippen LogP contribution in [-0.4, -0.2) is 12.6 Å². The van der Waals surface area contributed by atoms with Crippen molar-refractivity contribution in [2.24, 2.45) is 5.10 Å². The van der Waals surface area contributed by atoms with Gasteiger partial charge in [-0.3, -0.25) is 4.79 Å². The number of hydrazone groups is 1. The molecule has 1 rings (SSSR count). The second kappa shape index (κ2) is 3.45. The Labute approximate surface area is 57.5 Å². The van der Waals surface area contributed by atoms with Gasteiger partial charge in [-0.05, 0) is 12.1 Å². The number of nitrogens with one attached hydrogen (secondary N) is 1. The molecule has 0 fully saturated rings. The van der Waals surface area contributed by atoms with E-state index in [4.69, 9.17) is 4.42 Å². The van der Waals surface area contributed by atoms with E-state index < -0.39 is 0 Å². The lowest BCUT2D eigenvalue weighted by molar-refractivity contribution is 0.544. The molecule has 0 unspecified atom stereocenters. The molecule has 0 aliphatic heterocycles. The maximum absolute atomic E-state index is 9.55. The Kier molecular flexibility index (Phi) is 2.25. The molecule has 1 amide bonds. The van der Waals surface area contributed by atoms with Gasteiger partial charge in [0.25, 0.3) is 0 Å². The quantitative estimate of drug-likeness (QED) is 0.369. The Hall–Kier alpha value is -1.58. The molecular formula is C6H5N2O2. The van der Waals surface area contributed by atoms with Crippen molar-refractivity contribution in [2.45, 2.75) is 0 Å². The summed E-state index contributed by atoms with van der Waals surface area (Å²) in [6, 6.07) is 3.45. The van der Waals surface area contributed by atoms with E-state index in [9.17, 15) is 4.79 Å². The van der Waals surface area contributed by atoms with Crippen LogP contribution in [0.25, 0.3) is 0 Å². The Balaban J connectivity index is 2.47. The van der Waals surface area contributed by atoms with Gasteiger partial charge < -0.3 is 4.42 Å². The van der Waals surface area contributed by atoms with Crippen LogP contribution in [0.1, 0.15) is 5.76 Å². The molecule has 0 spiro atoms. The maximum atomic E-state index is 9.55. The first kappa shape index (κ1) is 6.54. The molecule has 0 aliphatic rings. The van der Waals surface area contributed by atoms with Crippen molar-refractivity contribution in [3.63, 3.8) is 0 Å². The molecule has 1 aromatic heterocycles. The molecule has 1 radical (unpaired) electrons. The van der Waals surface area contributed by atoms with Gasteiger partial charge in [0.1, 0.15) is 5.76 Å². The van der Waals surface area contributed by atoms with E-state index in [1.807, 2.05) is 5.43 Å². The fraction of sp³-hybridized carbons (Fsp3) is 0. The lowest BCUT2D eigenvalue weighted by atomic mass is 10.5. The highest BCUT2D eigenvalue weighted by atomic mass is 16.3. The minimum atomic E-state index is 0.586. The van der Waals surface area contributed by atoms with Gasteiger partial charge in [-0.25, -0.2) is 5.43 Å². The van der Waals surface area contributed by atoms with Crippen LogP contribution < -0.4 is 5.43 Å². The highest BCUT2D eigenvalue weighted by molar-refractivity contribution is 5.76. The number of rotatable bonds is 3. The molecule has 0 aromatic carbocycles. The lowest BCUT2D eigenvalue weighted by Gasteiger charge is -1.80. The van der Waals surface area contributed by atoms with Crippen molar-refractivity contribution < 1.29 is 9.21 Å². The van der Waals surface area contributed by atoms with E-state index in [2.05, 4.69) is 5.10 Å². The van der Waals surface area contributed by atoms with Crippen molar-refractivity contribution in [3.05, 3.63) is 24.2 Å². The summed E-state index contributed by atoms with van der Waals surface area (Å²) in [6.45, 7) is 0. The first-order valence-electron chi connectivity index (χ1n) is 2.62. The van der Waals surface area contributed by atoms with Crippen molar-refractivity contribution in [1.82, 2.24) is 5.43 Å². The number of nitrogens with zero attached hydrogens (tertiary/aromatic N) is 1. The van der Waals surface area contributed by atoms with Gasteiger partial charge in [0, 0.05) is 0 Å². The second-order valence-electron chi connectivity index (χ2n) is 1.49. The van der Waals surface area contributed by atoms with Crippen LogP contribution in [0.3, 0.4) is 0 Å². The van der Waals surface area contributed by atoms with Gasteiger partial charge in [0.05, 0.1) is 12.5 Å². The van der Waals surface area contributed by atoms with E-state index in [1.54, 1.807) is 12.1 Å². The highest BCUT2D eigenvalue weighted by Crippen LogP contribution is 1.93. The van der Waals surface area contributed by atoms with Gasteiger partial charge in [-0.15, -0.1) is 0 Å². The summed E-state index contributed by atoms with van der Waals surface area (Å²) in [4.78, 5) is 9.55. The molecule has 4 nitrogen and oxygen atoms in total. The summed E-state index contributed by atoms with van der Waals surface area (Å²) in [7, 11) is 0. The zero-order valence-corrected chi connectivity index (χ0v) is 5.07. The Bertz CT molecular complexity index is 216.